The maximum atomic E-state index is 13.4. The second kappa shape index (κ2) is 5.70. The van der Waals surface area contributed by atoms with Gasteiger partial charge in [0.2, 0.25) is 0 Å². The predicted molar refractivity (Wildman–Crippen MR) is 77.0 cm³/mol. The Labute approximate surface area is 119 Å². The van der Waals surface area contributed by atoms with Crippen molar-refractivity contribution in [2.75, 3.05) is 20.2 Å². The molecule has 20 heavy (non-hydrogen) atoms. The average molecular weight is 278 g/mol. The summed E-state index contributed by atoms with van der Waals surface area (Å²) >= 11 is 0. The monoisotopic (exact) mass is 278 g/mol. The number of hydrogen-bond donors (Lipinski definition) is 1. The zero-order valence-electron chi connectivity index (χ0n) is 12.0. The topological polar surface area (TPSA) is 38.5 Å². The lowest BCUT2D eigenvalue weighted by Crippen LogP contribution is -2.38. The fourth-order valence-corrected chi connectivity index (χ4v) is 3.85. The molecule has 2 aliphatic rings. The molecule has 110 valence electrons. The van der Waals surface area contributed by atoms with Crippen molar-refractivity contribution in [2.45, 2.75) is 31.8 Å². The fourth-order valence-electron chi connectivity index (χ4n) is 3.85. The summed E-state index contributed by atoms with van der Waals surface area (Å²) in [7, 11) is 1.64. The molecule has 1 aromatic carbocycles. The largest absolute Gasteiger partial charge is 0.496 e. The minimum atomic E-state index is -0.200. The Kier molecular flexibility index (Phi) is 3.94. The quantitative estimate of drug-likeness (QED) is 0.922. The smallest absolute Gasteiger partial charge is 0.123 e. The van der Waals surface area contributed by atoms with Crippen LogP contribution in [0.1, 0.15) is 24.8 Å². The minimum Gasteiger partial charge on any atom is -0.496 e. The Bertz CT molecular complexity index is 480. The third-order valence-corrected chi connectivity index (χ3v) is 4.87. The SMILES string of the molecule is COc1ccc(F)cc1CN1CC2CCCC(N)C2C1. The average Bonchev–Trinajstić information content (AvgIpc) is 2.83. The molecule has 1 saturated heterocycles. The fraction of sp³-hybridized carbons (Fsp3) is 0.625. The van der Waals surface area contributed by atoms with Gasteiger partial charge >= 0.3 is 0 Å². The van der Waals surface area contributed by atoms with Crippen molar-refractivity contribution in [3.05, 3.63) is 29.6 Å². The summed E-state index contributed by atoms with van der Waals surface area (Å²) in [5, 5.41) is 0. The second-order valence-electron chi connectivity index (χ2n) is 6.17. The third kappa shape index (κ3) is 2.67. The van der Waals surface area contributed by atoms with Crippen LogP contribution in [0.5, 0.6) is 5.75 Å². The van der Waals surface area contributed by atoms with Crippen LogP contribution in [0.3, 0.4) is 0 Å². The molecule has 3 rings (SSSR count). The molecular formula is C16H23FN2O. The maximum absolute atomic E-state index is 13.4. The van der Waals surface area contributed by atoms with Gasteiger partial charge < -0.3 is 10.5 Å². The molecule has 2 N–H and O–H groups in total. The van der Waals surface area contributed by atoms with E-state index < -0.39 is 0 Å². The molecule has 2 fully saturated rings. The lowest BCUT2D eigenvalue weighted by molar-refractivity contribution is 0.259. The van der Waals surface area contributed by atoms with E-state index in [9.17, 15) is 4.39 Å². The van der Waals surface area contributed by atoms with Gasteiger partial charge in [-0.05, 0) is 42.9 Å². The van der Waals surface area contributed by atoms with Gasteiger partial charge in [-0.1, -0.05) is 6.42 Å². The van der Waals surface area contributed by atoms with E-state index >= 15 is 0 Å². The van der Waals surface area contributed by atoms with Gasteiger partial charge in [0.15, 0.2) is 0 Å². The molecule has 0 aromatic heterocycles. The zero-order valence-corrected chi connectivity index (χ0v) is 12.0. The first kappa shape index (κ1) is 13.8. The molecule has 0 spiro atoms. The van der Waals surface area contributed by atoms with E-state index in [1.54, 1.807) is 19.2 Å². The lowest BCUT2D eigenvalue weighted by Gasteiger charge is -2.29. The van der Waals surface area contributed by atoms with Gasteiger partial charge in [0.05, 0.1) is 7.11 Å². The normalized spacial score (nSPS) is 30.2. The second-order valence-corrected chi connectivity index (χ2v) is 6.17. The number of hydrogen-bond acceptors (Lipinski definition) is 3. The molecule has 0 bridgehead atoms. The van der Waals surface area contributed by atoms with Crippen molar-refractivity contribution in [3.63, 3.8) is 0 Å². The van der Waals surface area contributed by atoms with E-state index in [-0.39, 0.29) is 5.82 Å². The number of methoxy groups -OCH3 is 1. The first-order valence-electron chi connectivity index (χ1n) is 7.47. The summed E-state index contributed by atoms with van der Waals surface area (Å²) in [4.78, 5) is 2.40. The standard InChI is InChI=1S/C16H23FN2O/c1-20-16-6-5-13(17)7-12(16)9-19-8-11-3-2-4-15(18)14(11)10-19/h5-7,11,14-15H,2-4,8-10,18H2,1H3. The number of benzene rings is 1. The van der Waals surface area contributed by atoms with Gasteiger partial charge in [-0.3, -0.25) is 4.90 Å². The molecule has 4 heteroatoms. The minimum absolute atomic E-state index is 0.200. The van der Waals surface area contributed by atoms with Crippen LogP contribution in [0.2, 0.25) is 0 Å². The third-order valence-electron chi connectivity index (χ3n) is 4.87. The summed E-state index contributed by atoms with van der Waals surface area (Å²) in [6.07, 6.45) is 3.69. The lowest BCUT2D eigenvalue weighted by atomic mass is 9.78. The van der Waals surface area contributed by atoms with E-state index in [0.29, 0.717) is 12.0 Å². The number of ether oxygens (including phenoxy) is 1. The first-order valence-corrected chi connectivity index (χ1v) is 7.47. The Morgan fingerprint density at radius 2 is 2.20 bits per heavy atom. The summed E-state index contributed by atoms with van der Waals surface area (Å²) < 4.78 is 18.8. The van der Waals surface area contributed by atoms with Crippen LogP contribution < -0.4 is 10.5 Å². The molecule has 3 atom stereocenters. The molecule has 1 aliphatic heterocycles. The van der Waals surface area contributed by atoms with Gasteiger partial charge in [-0.25, -0.2) is 4.39 Å². The molecule has 1 aromatic rings. The molecular weight excluding hydrogens is 255 g/mol. The van der Waals surface area contributed by atoms with Gasteiger partial charge in [-0.15, -0.1) is 0 Å². The van der Waals surface area contributed by atoms with Crippen LogP contribution in [0.15, 0.2) is 18.2 Å². The number of halogens is 1. The Balaban J connectivity index is 1.71. The Morgan fingerprint density at radius 3 is 2.95 bits per heavy atom. The Hall–Kier alpha value is -1.13. The van der Waals surface area contributed by atoms with Crippen molar-refractivity contribution in [2.24, 2.45) is 17.6 Å². The van der Waals surface area contributed by atoms with Gasteiger partial charge in [0.25, 0.3) is 0 Å². The van der Waals surface area contributed by atoms with Gasteiger partial charge in [-0.2, -0.15) is 0 Å². The van der Waals surface area contributed by atoms with E-state index in [1.165, 1.54) is 18.9 Å². The van der Waals surface area contributed by atoms with Crippen LogP contribution in [0.4, 0.5) is 4.39 Å². The number of nitrogens with two attached hydrogens (primary N) is 1. The number of likely N-dealkylation sites (tertiary alicyclic amines) is 1. The highest BCUT2D eigenvalue weighted by Gasteiger charge is 2.38. The van der Waals surface area contributed by atoms with Crippen LogP contribution in [-0.2, 0) is 6.54 Å². The highest BCUT2D eigenvalue weighted by atomic mass is 19.1. The summed E-state index contributed by atoms with van der Waals surface area (Å²) in [5.74, 6) is 1.90. The number of rotatable bonds is 3. The van der Waals surface area contributed by atoms with Crippen molar-refractivity contribution < 1.29 is 9.13 Å². The molecule has 0 amide bonds. The molecule has 0 radical (unpaired) electrons. The van der Waals surface area contributed by atoms with Crippen molar-refractivity contribution in [1.29, 1.82) is 0 Å². The van der Waals surface area contributed by atoms with Gasteiger partial charge in [0.1, 0.15) is 11.6 Å². The maximum Gasteiger partial charge on any atom is 0.123 e. The highest BCUT2D eigenvalue weighted by molar-refractivity contribution is 5.34. The first-order chi connectivity index (χ1) is 9.67. The molecule has 1 aliphatic carbocycles. The van der Waals surface area contributed by atoms with E-state index in [4.69, 9.17) is 10.5 Å². The Morgan fingerprint density at radius 1 is 1.35 bits per heavy atom. The van der Waals surface area contributed by atoms with Crippen molar-refractivity contribution >= 4 is 0 Å². The molecule has 3 nitrogen and oxygen atoms in total. The zero-order chi connectivity index (χ0) is 14.1. The van der Waals surface area contributed by atoms with Crippen LogP contribution in [0, 0.1) is 17.7 Å². The molecule has 1 heterocycles. The summed E-state index contributed by atoms with van der Waals surface area (Å²) in [6.45, 7) is 2.87. The molecule has 3 unspecified atom stereocenters. The van der Waals surface area contributed by atoms with E-state index in [1.807, 2.05) is 0 Å². The van der Waals surface area contributed by atoms with Crippen molar-refractivity contribution in [1.82, 2.24) is 4.90 Å². The van der Waals surface area contributed by atoms with Crippen molar-refractivity contribution in [3.8, 4) is 5.75 Å². The van der Waals surface area contributed by atoms with E-state index in [2.05, 4.69) is 4.90 Å². The summed E-state index contributed by atoms with van der Waals surface area (Å²) in [5.41, 5.74) is 7.17. The van der Waals surface area contributed by atoms with Crippen LogP contribution >= 0.6 is 0 Å². The predicted octanol–water partition coefficient (Wildman–Crippen LogP) is 2.39. The number of nitrogens with zero attached hydrogens (tertiary/aromatic N) is 1. The van der Waals surface area contributed by atoms with Crippen LogP contribution in [0.25, 0.3) is 0 Å². The van der Waals surface area contributed by atoms with E-state index in [0.717, 1.165) is 43.3 Å². The van der Waals surface area contributed by atoms with Gasteiger partial charge in [0, 0.05) is 31.2 Å². The number of fused-ring (bicyclic) bond motifs is 1. The highest BCUT2D eigenvalue weighted by Crippen LogP contribution is 2.36. The van der Waals surface area contributed by atoms with Crippen LogP contribution in [-0.4, -0.2) is 31.1 Å². The molecule has 1 saturated carbocycles. The summed E-state index contributed by atoms with van der Waals surface area (Å²) in [6, 6.07) is 5.08.